The van der Waals surface area contributed by atoms with Crippen molar-refractivity contribution in [2.45, 2.75) is 24.6 Å². The van der Waals surface area contributed by atoms with Crippen LogP contribution in [0.4, 0.5) is 0 Å². The van der Waals surface area contributed by atoms with E-state index >= 15 is 0 Å². The number of halogens is 1. The summed E-state index contributed by atoms with van der Waals surface area (Å²) < 4.78 is 1.28. The molecule has 0 aliphatic carbocycles. The summed E-state index contributed by atoms with van der Waals surface area (Å²) in [7, 11) is 0. The minimum absolute atomic E-state index is 0.618. The van der Waals surface area contributed by atoms with Crippen LogP contribution in [-0.2, 0) is 6.42 Å². The number of thiophene rings is 1. The van der Waals surface area contributed by atoms with E-state index in [9.17, 15) is 0 Å². The molecule has 2 unspecified atom stereocenters. The first-order chi connectivity index (χ1) is 8.31. The molecule has 1 saturated heterocycles. The lowest BCUT2D eigenvalue weighted by molar-refractivity contribution is 0.525. The smallest absolute Gasteiger partial charge is 0.0314 e. The summed E-state index contributed by atoms with van der Waals surface area (Å²) in [6.45, 7) is 3.27. The van der Waals surface area contributed by atoms with Gasteiger partial charge in [0, 0.05) is 37.9 Å². The lowest BCUT2D eigenvalue weighted by Crippen LogP contribution is -2.42. The molecule has 1 aromatic heterocycles. The van der Waals surface area contributed by atoms with Crippen LogP contribution in [0, 0.1) is 0 Å². The van der Waals surface area contributed by atoms with E-state index in [-0.39, 0.29) is 0 Å². The number of rotatable bonds is 5. The molecule has 1 aliphatic rings. The molecule has 2 atom stereocenters. The summed E-state index contributed by atoms with van der Waals surface area (Å²) in [4.78, 5) is 1.48. The van der Waals surface area contributed by atoms with E-state index < -0.39 is 0 Å². The van der Waals surface area contributed by atoms with Gasteiger partial charge in [-0.2, -0.15) is 23.5 Å². The number of hydrogen-bond donors (Lipinski definition) is 1. The van der Waals surface area contributed by atoms with Crippen molar-refractivity contribution in [3.63, 3.8) is 0 Å². The van der Waals surface area contributed by atoms with E-state index in [0.29, 0.717) is 6.04 Å². The zero-order chi connectivity index (χ0) is 12.1. The molecule has 96 valence electrons. The van der Waals surface area contributed by atoms with E-state index in [2.05, 4.69) is 63.1 Å². The number of nitrogens with one attached hydrogen (secondary N) is 1. The van der Waals surface area contributed by atoms with Crippen LogP contribution in [0.15, 0.2) is 15.9 Å². The largest absolute Gasteiger partial charge is 0.313 e. The molecule has 1 aliphatic heterocycles. The minimum Gasteiger partial charge on any atom is -0.313 e. The molecular formula is C12H18BrNS3. The Balaban J connectivity index is 1.98. The molecule has 1 N–H and O–H groups in total. The summed E-state index contributed by atoms with van der Waals surface area (Å²) in [5, 5.41) is 6.61. The van der Waals surface area contributed by atoms with Crippen LogP contribution in [0.25, 0.3) is 0 Å². The molecule has 0 radical (unpaired) electrons. The fraction of sp³-hybridized carbons (Fsp3) is 0.667. The van der Waals surface area contributed by atoms with E-state index in [1.54, 1.807) is 0 Å². The van der Waals surface area contributed by atoms with Gasteiger partial charge in [0.05, 0.1) is 0 Å². The van der Waals surface area contributed by atoms with Crippen molar-refractivity contribution in [2.75, 3.05) is 23.8 Å². The third-order valence-electron chi connectivity index (χ3n) is 2.85. The molecule has 0 saturated carbocycles. The van der Waals surface area contributed by atoms with Crippen molar-refractivity contribution in [1.82, 2.24) is 5.32 Å². The Hall–Kier alpha value is 0.840. The van der Waals surface area contributed by atoms with Gasteiger partial charge in [0.25, 0.3) is 0 Å². The van der Waals surface area contributed by atoms with E-state index in [1.165, 1.54) is 26.6 Å². The monoisotopic (exact) mass is 351 g/mol. The van der Waals surface area contributed by atoms with Crippen molar-refractivity contribution < 1.29 is 0 Å². The zero-order valence-corrected chi connectivity index (χ0v) is 14.0. The normalized spacial score (nSPS) is 22.6. The Kier molecular flexibility index (Phi) is 6.23. The standard InChI is InChI=1S/C12H18BrNS3/c1-2-14-10(12-8-15-5-6-17-12)7-11-9(13)3-4-16-11/h3-4,10,12,14H,2,5-8H2,1H3. The van der Waals surface area contributed by atoms with Crippen LogP contribution >= 0.6 is 50.8 Å². The van der Waals surface area contributed by atoms with Gasteiger partial charge in [-0.25, -0.2) is 0 Å². The molecular weight excluding hydrogens is 334 g/mol. The first-order valence-electron chi connectivity index (χ1n) is 5.96. The Bertz CT molecular complexity index is 336. The molecule has 0 amide bonds. The average Bonchev–Trinajstić information content (AvgIpc) is 2.76. The van der Waals surface area contributed by atoms with Crippen molar-refractivity contribution in [3.05, 3.63) is 20.8 Å². The van der Waals surface area contributed by atoms with Crippen molar-refractivity contribution in [1.29, 1.82) is 0 Å². The zero-order valence-electron chi connectivity index (χ0n) is 9.95. The maximum Gasteiger partial charge on any atom is 0.0314 e. The highest BCUT2D eigenvalue weighted by Gasteiger charge is 2.24. The number of hydrogen-bond acceptors (Lipinski definition) is 4. The molecule has 2 rings (SSSR count). The lowest BCUT2D eigenvalue weighted by atomic mass is 10.1. The average molecular weight is 352 g/mol. The highest BCUT2D eigenvalue weighted by Crippen LogP contribution is 2.30. The Labute approximate surface area is 125 Å². The molecule has 1 nitrogen and oxygen atoms in total. The predicted octanol–water partition coefficient (Wildman–Crippen LogP) is 3.88. The predicted molar refractivity (Wildman–Crippen MR) is 86.8 cm³/mol. The molecule has 0 spiro atoms. The molecule has 1 fully saturated rings. The van der Waals surface area contributed by atoms with Crippen molar-refractivity contribution in [2.24, 2.45) is 0 Å². The van der Waals surface area contributed by atoms with Crippen LogP contribution in [0.1, 0.15) is 11.8 Å². The fourth-order valence-corrected chi connectivity index (χ4v) is 6.47. The van der Waals surface area contributed by atoms with Gasteiger partial charge in [0.1, 0.15) is 0 Å². The molecule has 17 heavy (non-hydrogen) atoms. The highest BCUT2D eigenvalue weighted by atomic mass is 79.9. The van der Waals surface area contributed by atoms with Gasteiger partial charge in [-0.15, -0.1) is 11.3 Å². The van der Waals surface area contributed by atoms with E-state index in [1.807, 2.05) is 11.3 Å². The molecule has 5 heteroatoms. The third-order valence-corrected chi connectivity index (χ3v) is 7.72. The topological polar surface area (TPSA) is 12.0 Å². The third kappa shape index (κ3) is 4.16. The minimum atomic E-state index is 0.618. The molecule has 1 aromatic rings. The summed E-state index contributed by atoms with van der Waals surface area (Å²) in [6, 6.07) is 2.78. The lowest BCUT2D eigenvalue weighted by Gasteiger charge is -2.30. The van der Waals surface area contributed by atoms with Crippen LogP contribution in [-0.4, -0.2) is 35.1 Å². The Morgan fingerprint density at radius 3 is 3.00 bits per heavy atom. The number of thioether (sulfide) groups is 2. The van der Waals surface area contributed by atoms with Gasteiger partial charge in [0.15, 0.2) is 0 Å². The second kappa shape index (κ2) is 7.43. The van der Waals surface area contributed by atoms with Gasteiger partial charge in [-0.05, 0) is 40.3 Å². The fourth-order valence-electron chi connectivity index (χ4n) is 2.01. The van der Waals surface area contributed by atoms with Gasteiger partial charge < -0.3 is 5.32 Å². The summed E-state index contributed by atoms with van der Waals surface area (Å²) >= 11 is 9.76. The maximum absolute atomic E-state index is 3.67. The first kappa shape index (κ1) is 14.3. The number of likely N-dealkylation sites (N-methyl/N-ethyl adjacent to an activating group) is 1. The SMILES string of the molecule is CCNC(Cc1sccc1Br)C1CSCCS1. The van der Waals surface area contributed by atoms with E-state index in [0.717, 1.165) is 18.2 Å². The van der Waals surface area contributed by atoms with Crippen LogP contribution in [0.3, 0.4) is 0 Å². The second-order valence-electron chi connectivity index (χ2n) is 4.04. The Morgan fingerprint density at radius 1 is 1.53 bits per heavy atom. The van der Waals surface area contributed by atoms with Gasteiger partial charge in [-0.1, -0.05) is 6.92 Å². The van der Waals surface area contributed by atoms with Gasteiger partial charge >= 0.3 is 0 Å². The first-order valence-corrected chi connectivity index (χ1v) is 9.83. The molecule has 0 bridgehead atoms. The van der Waals surface area contributed by atoms with Crippen LogP contribution < -0.4 is 5.32 Å². The molecule has 2 heterocycles. The summed E-state index contributed by atoms with van der Waals surface area (Å²) in [6.07, 6.45) is 1.16. The van der Waals surface area contributed by atoms with Gasteiger partial charge in [0.2, 0.25) is 0 Å². The maximum atomic E-state index is 3.67. The molecule has 0 aromatic carbocycles. The van der Waals surface area contributed by atoms with Crippen molar-refractivity contribution >= 4 is 50.8 Å². The summed E-state index contributed by atoms with van der Waals surface area (Å²) in [5.74, 6) is 3.93. The van der Waals surface area contributed by atoms with E-state index in [4.69, 9.17) is 0 Å². The van der Waals surface area contributed by atoms with Crippen LogP contribution in [0.2, 0.25) is 0 Å². The van der Waals surface area contributed by atoms with Gasteiger partial charge in [-0.3, -0.25) is 0 Å². The second-order valence-corrected chi connectivity index (χ2v) is 8.40. The van der Waals surface area contributed by atoms with Crippen LogP contribution in [0.5, 0.6) is 0 Å². The Morgan fingerprint density at radius 2 is 2.41 bits per heavy atom. The van der Waals surface area contributed by atoms with Crippen molar-refractivity contribution in [3.8, 4) is 0 Å². The highest BCUT2D eigenvalue weighted by molar-refractivity contribution is 9.10. The quantitative estimate of drug-likeness (QED) is 0.864. The summed E-state index contributed by atoms with van der Waals surface area (Å²) in [5.41, 5.74) is 0.